The Morgan fingerprint density at radius 2 is 1.72 bits per heavy atom. The number of aromatic nitrogens is 2. The summed E-state index contributed by atoms with van der Waals surface area (Å²) in [6.07, 6.45) is 1.28. The summed E-state index contributed by atoms with van der Waals surface area (Å²) in [6.45, 7) is 2.00. The Balaban J connectivity index is 0.000000195. The van der Waals surface area contributed by atoms with Crippen molar-refractivity contribution < 1.29 is 4.79 Å². The normalized spacial score (nSPS) is 8.67. The number of nitrogens with one attached hydrogen (secondary N) is 1. The Kier molecular flexibility index (Phi) is 6.07. The van der Waals surface area contributed by atoms with Crippen molar-refractivity contribution in [3.05, 3.63) is 63.7 Å². The van der Waals surface area contributed by atoms with Gasteiger partial charge in [-0.15, -0.1) is 0 Å². The molecule has 0 aliphatic carbocycles. The van der Waals surface area contributed by atoms with Crippen LogP contribution in [0.5, 0.6) is 0 Å². The van der Waals surface area contributed by atoms with Crippen LogP contribution < -0.4 is 5.56 Å². The Morgan fingerprint density at radius 3 is 2.33 bits per heavy atom. The SMILES string of the molecule is C=O.O=c1cnc2ccccc2[nH]1.c1ccsc1. The second kappa shape index (κ2) is 7.92. The largest absolute Gasteiger partial charge is 0.319 e. The summed E-state index contributed by atoms with van der Waals surface area (Å²) in [5.74, 6) is 0. The van der Waals surface area contributed by atoms with Gasteiger partial charge in [0.05, 0.1) is 17.2 Å². The van der Waals surface area contributed by atoms with Crippen LogP contribution in [0, 0.1) is 0 Å². The summed E-state index contributed by atoms with van der Waals surface area (Å²) in [7, 11) is 0. The van der Waals surface area contributed by atoms with E-state index in [0.717, 1.165) is 11.0 Å². The van der Waals surface area contributed by atoms with Crippen molar-refractivity contribution in [1.29, 1.82) is 0 Å². The van der Waals surface area contributed by atoms with E-state index in [-0.39, 0.29) is 5.56 Å². The van der Waals surface area contributed by atoms with E-state index in [1.165, 1.54) is 6.20 Å². The van der Waals surface area contributed by atoms with Gasteiger partial charge in [-0.3, -0.25) is 4.79 Å². The second-order valence-corrected chi connectivity index (χ2v) is 3.87. The molecular weight excluding hydrogens is 248 g/mol. The zero-order valence-electron chi connectivity index (χ0n) is 9.58. The van der Waals surface area contributed by atoms with Crippen LogP contribution in [-0.4, -0.2) is 16.8 Å². The quantitative estimate of drug-likeness (QED) is 0.675. The highest BCUT2D eigenvalue weighted by Crippen LogP contribution is 2.02. The van der Waals surface area contributed by atoms with E-state index in [1.54, 1.807) is 11.3 Å². The number of hydrogen-bond acceptors (Lipinski definition) is 4. The third-order valence-corrected chi connectivity index (χ3v) is 2.54. The highest BCUT2D eigenvalue weighted by Gasteiger charge is 1.90. The number of para-hydroxylation sites is 2. The van der Waals surface area contributed by atoms with E-state index in [2.05, 4.69) is 9.97 Å². The molecule has 0 atom stereocenters. The van der Waals surface area contributed by atoms with Crippen molar-refractivity contribution >= 4 is 29.2 Å². The molecule has 0 fully saturated rings. The summed E-state index contributed by atoms with van der Waals surface area (Å²) in [5, 5.41) is 4.08. The summed E-state index contributed by atoms with van der Waals surface area (Å²) >= 11 is 1.71. The van der Waals surface area contributed by atoms with Crippen molar-refractivity contribution in [3.8, 4) is 0 Å². The molecule has 1 N–H and O–H groups in total. The molecule has 0 radical (unpaired) electrons. The standard InChI is InChI=1S/C8H6N2O.C4H4S.CH2O/c11-8-5-9-6-3-1-2-4-7(6)10-8;1-2-4-5-3-1;1-2/h1-5H,(H,10,11);1-4H;1H2. The number of aromatic amines is 1. The monoisotopic (exact) mass is 260 g/mol. The summed E-state index contributed by atoms with van der Waals surface area (Å²) in [6, 6.07) is 11.5. The van der Waals surface area contributed by atoms with E-state index < -0.39 is 0 Å². The lowest BCUT2D eigenvalue weighted by Crippen LogP contribution is -2.04. The Bertz CT molecular complexity index is 603. The first-order valence-electron chi connectivity index (χ1n) is 5.06. The maximum absolute atomic E-state index is 10.8. The molecule has 2 aromatic heterocycles. The molecule has 4 nitrogen and oxygen atoms in total. The lowest BCUT2D eigenvalue weighted by molar-refractivity contribution is -0.0979. The minimum atomic E-state index is -0.163. The molecule has 0 saturated carbocycles. The van der Waals surface area contributed by atoms with Crippen LogP contribution in [-0.2, 0) is 4.79 Å². The number of benzene rings is 1. The second-order valence-electron chi connectivity index (χ2n) is 3.06. The highest BCUT2D eigenvalue weighted by molar-refractivity contribution is 7.07. The summed E-state index contributed by atoms with van der Waals surface area (Å²) in [5.41, 5.74) is 1.43. The number of rotatable bonds is 0. The van der Waals surface area contributed by atoms with Gasteiger partial charge in [0.15, 0.2) is 0 Å². The molecule has 0 spiro atoms. The van der Waals surface area contributed by atoms with E-state index in [0.29, 0.717) is 0 Å². The number of nitrogens with zero attached hydrogens (tertiary/aromatic N) is 1. The topological polar surface area (TPSA) is 62.8 Å². The van der Waals surface area contributed by atoms with Crippen molar-refractivity contribution in [3.63, 3.8) is 0 Å². The van der Waals surface area contributed by atoms with Crippen LogP contribution in [0.1, 0.15) is 0 Å². The molecular formula is C13H12N2O2S. The van der Waals surface area contributed by atoms with E-state index in [1.807, 2.05) is 53.9 Å². The average Bonchev–Trinajstić information content (AvgIpc) is 3.00. The average molecular weight is 260 g/mol. The van der Waals surface area contributed by atoms with Gasteiger partial charge in [-0.25, -0.2) is 4.98 Å². The minimum Gasteiger partial charge on any atom is -0.319 e. The number of hydrogen-bond donors (Lipinski definition) is 1. The Hall–Kier alpha value is -2.27. The van der Waals surface area contributed by atoms with Crippen molar-refractivity contribution in [2.75, 3.05) is 0 Å². The number of fused-ring (bicyclic) bond motifs is 1. The number of H-pyrrole nitrogens is 1. The molecule has 0 aliphatic heterocycles. The molecule has 0 aliphatic rings. The van der Waals surface area contributed by atoms with E-state index in [9.17, 15) is 4.79 Å². The molecule has 0 bridgehead atoms. The molecule has 1 aromatic carbocycles. The predicted octanol–water partition coefficient (Wildman–Crippen LogP) is 2.49. The maximum Gasteiger partial charge on any atom is 0.266 e. The fraction of sp³-hybridized carbons (Fsp3) is 0. The van der Waals surface area contributed by atoms with Crippen LogP contribution >= 0.6 is 11.3 Å². The van der Waals surface area contributed by atoms with Crippen LogP contribution in [0.2, 0.25) is 0 Å². The van der Waals surface area contributed by atoms with Gasteiger partial charge in [0.2, 0.25) is 0 Å². The maximum atomic E-state index is 10.8. The molecule has 3 aromatic rings. The first kappa shape index (κ1) is 13.8. The molecule has 92 valence electrons. The molecule has 0 saturated heterocycles. The Morgan fingerprint density at radius 1 is 1.06 bits per heavy atom. The van der Waals surface area contributed by atoms with Gasteiger partial charge < -0.3 is 9.78 Å². The van der Waals surface area contributed by atoms with Crippen LogP contribution in [0.3, 0.4) is 0 Å². The van der Waals surface area contributed by atoms with Gasteiger partial charge in [0, 0.05) is 0 Å². The molecule has 18 heavy (non-hydrogen) atoms. The third kappa shape index (κ3) is 4.31. The highest BCUT2D eigenvalue weighted by atomic mass is 32.1. The lowest BCUT2D eigenvalue weighted by atomic mass is 10.3. The van der Waals surface area contributed by atoms with Crippen molar-refractivity contribution in [1.82, 2.24) is 9.97 Å². The molecule has 3 rings (SSSR count). The zero-order chi connectivity index (χ0) is 13.2. The van der Waals surface area contributed by atoms with Gasteiger partial charge in [0.25, 0.3) is 5.56 Å². The number of carbonyl (C=O) groups is 1. The van der Waals surface area contributed by atoms with Gasteiger partial charge in [-0.2, -0.15) is 11.3 Å². The number of thiophene rings is 1. The zero-order valence-corrected chi connectivity index (χ0v) is 10.4. The smallest absolute Gasteiger partial charge is 0.266 e. The Labute approximate surface area is 108 Å². The first-order valence-corrected chi connectivity index (χ1v) is 6.00. The fourth-order valence-electron chi connectivity index (χ4n) is 1.21. The van der Waals surface area contributed by atoms with E-state index >= 15 is 0 Å². The van der Waals surface area contributed by atoms with Gasteiger partial charge >= 0.3 is 0 Å². The van der Waals surface area contributed by atoms with Crippen molar-refractivity contribution in [2.24, 2.45) is 0 Å². The summed E-state index contributed by atoms with van der Waals surface area (Å²) in [4.78, 5) is 25.4. The molecule has 0 amide bonds. The lowest BCUT2D eigenvalue weighted by Gasteiger charge is -1.92. The minimum absolute atomic E-state index is 0.163. The van der Waals surface area contributed by atoms with Crippen LogP contribution in [0.25, 0.3) is 11.0 Å². The number of carbonyl (C=O) groups excluding carboxylic acids is 1. The van der Waals surface area contributed by atoms with Gasteiger partial charge in [0.1, 0.15) is 6.79 Å². The molecule has 2 heterocycles. The first-order chi connectivity index (χ1) is 8.86. The van der Waals surface area contributed by atoms with Gasteiger partial charge in [-0.05, 0) is 22.9 Å². The predicted molar refractivity (Wildman–Crippen MR) is 73.8 cm³/mol. The van der Waals surface area contributed by atoms with Gasteiger partial charge in [-0.1, -0.05) is 24.3 Å². The van der Waals surface area contributed by atoms with Crippen LogP contribution in [0.15, 0.2) is 58.1 Å². The van der Waals surface area contributed by atoms with Crippen molar-refractivity contribution in [2.45, 2.75) is 0 Å². The third-order valence-electron chi connectivity index (χ3n) is 1.91. The summed E-state index contributed by atoms with van der Waals surface area (Å²) < 4.78 is 0. The molecule has 0 unspecified atom stereocenters. The van der Waals surface area contributed by atoms with E-state index in [4.69, 9.17) is 4.79 Å². The molecule has 5 heteroatoms. The van der Waals surface area contributed by atoms with Crippen LogP contribution in [0.4, 0.5) is 0 Å². The fourth-order valence-corrected chi connectivity index (χ4v) is 1.67.